The van der Waals surface area contributed by atoms with E-state index in [1.54, 1.807) is 39.3 Å². The van der Waals surface area contributed by atoms with E-state index in [9.17, 15) is 0 Å². The molecule has 0 N–H and O–H groups in total. The van der Waals surface area contributed by atoms with Crippen LogP contribution in [0.2, 0.25) is 0 Å². The van der Waals surface area contributed by atoms with Crippen LogP contribution >= 0.6 is 11.8 Å². The maximum atomic E-state index is 5.39. The van der Waals surface area contributed by atoms with Crippen molar-refractivity contribution in [2.24, 2.45) is 0 Å². The Morgan fingerprint density at radius 2 is 1.69 bits per heavy atom. The van der Waals surface area contributed by atoms with Crippen LogP contribution in [-0.2, 0) is 5.75 Å². The summed E-state index contributed by atoms with van der Waals surface area (Å²) in [5.41, 5.74) is 2.72. The van der Waals surface area contributed by atoms with Crippen LogP contribution in [0.1, 0.15) is 5.56 Å². The SMILES string of the molecule is COc1cc(-c2ccc(SCc3cccnc3)nn2)cc(OC)c1OC. The van der Waals surface area contributed by atoms with Gasteiger partial charge in [-0.05, 0) is 35.9 Å². The molecule has 1 aromatic carbocycles. The molecule has 0 amide bonds. The minimum atomic E-state index is 0.551. The minimum absolute atomic E-state index is 0.551. The molecule has 0 aliphatic rings. The Hall–Kier alpha value is -2.80. The number of methoxy groups -OCH3 is 3. The molecule has 134 valence electrons. The highest BCUT2D eigenvalue weighted by Gasteiger charge is 2.15. The summed E-state index contributed by atoms with van der Waals surface area (Å²) in [7, 11) is 4.75. The summed E-state index contributed by atoms with van der Waals surface area (Å²) in [4.78, 5) is 4.11. The Labute approximate surface area is 156 Å². The van der Waals surface area contributed by atoms with Crippen molar-refractivity contribution in [3.8, 4) is 28.5 Å². The first-order valence-corrected chi connectivity index (χ1v) is 8.89. The molecular weight excluding hydrogens is 350 g/mol. The van der Waals surface area contributed by atoms with Gasteiger partial charge in [-0.25, -0.2) is 0 Å². The second-order valence-corrected chi connectivity index (χ2v) is 6.32. The van der Waals surface area contributed by atoms with E-state index in [1.165, 1.54) is 0 Å². The Morgan fingerprint density at radius 1 is 0.923 bits per heavy atom. The topological polar surface area (TPSA) is 66.4 Å². The molecule has 0 fully saturated rings. The largest absolute Gasteiger partial charge is 0.493 e. The number of benzene rings is 1. The highest BCUT2D eigenvalue weighted by molar-refractivity contribution is 7.98. The van der Waals surface area contributed by atoms with E-state index in [-0.39, 0.29) is 0 Å². The van der Waals surface area contributed by atoms with Gasteiger partial charge in [0.15, 0.2) is 11.5 Å². The van der Waals surface area contributed by atoms with E-state index in [1.807, 2.05) is 42.6 Å². The Kier molecular flexibility index (Phi) is 5.91. The van der Waals surface area contributed by atoms with Crippen LogP contribution in [0.15, 0.2) is 53.8 Å². The van der Waals surface area contributed by atoms with Crippen molar-refractivity contribution in [1.82, 2.24) is 15.2 Å². The monoisotopic (exact) mass is 369 g/mol. The van der Waals surface area contributed by atoms with Gasteiger partial charge in [-0.1, -0.05) is 17.8 Å². The van der Waals surface area contributed by atoms with Crippen LogP contribution in [0.25, 0.3) is 11.3 Å². The molecule has 0 atom stereocenters. The molecule has 0 saturated carbocycles. The number of hydrogen-bond donors (Lipinski definition) is 0. The number of ether oxygens (including phenoxy) is 3. The van der Waals surface area contributed by atoms with E-state index in [4.69, 9.17) is 14.2 Å². The summed E-state index contributed by atoms with van der Waals surface area (Å²) < 4.78 is 16.1. The van der Waals surface area contributed by atoms with Crippen LogP contribution in [0.3, 0.4) is 0 Å². The highest BCUT2D eigenvalue weighted by Crippen LogP contribution is 2.40. The van der Waals surface area contributed by atoms with Crippen molar-refractivity contribution in [2.45, 2.75) is 10.8 Å². The first-order valence-electron chi connectivity index (χ1n) is 7.91. The zero-order valence-corrected chi connectivity index (χ0v) is 15.6. The Morgan fingerprint density at radius 3 is 2.23 bits per heavy atom. The predicted molar refractivity (Wildman–Crippen MR) is 101 cm³/mol. The van der Waals surface area contributed by atoms with Gasteiger partial charge in [-0.15, -0.1) is 10.2 Å². The lowest BCUT2D eigenvalue weighted by atomic mass is 10.1. The third-order valence-electron chi connectivity index (χ3n) is 3.71. The fourth-order valence-electron chi connectivity index (χ4n) is 2.42. The zero-order valence-electron chi connectivity index (χ0n) is 14.8. The molecule has 26 heavy (non-hydrogen) atoms. The Bertz CT molecular complexity index is 833. The highest BCUT2D eigenvalue weighted by atomic mass is 32.2. The second kappa shape index (κ2) is 8.53. The van der Waals surface area contributed by atoms with Gasteiger partial charge in [0.05, 0.1) is 27.0 Å². The van der Waals surface area contributed by atoms with Gasteiger partial charge >= 0.3 is 0 Å². The van der Waals surface area contributed by atoms with Crippen molar-refractivity contribution in [3.63, 3.8) is 0 Å². The molecule has 2 heterocycles. The number of nitrogens with zero attached hydrogens (tertiary/aromatic N) is 3. The summed E-state index contributed by atoms with van der Waals surface area (Å²) in [6.45, 7) is 0. The summed E-state index contributed by atoms with van der Waals surface area (Å²) in [5.74, 6) is 2.51. The lowest BCUT2D eigenvalue weighted by Crippen LogP contribution is -1.97. The number of hydrogen-bond acceptors (Lipinski definition) is 7. The molecule has 6 nitrogen and oxygen atoms in total. The molecule has 0 unspecified atom stereocenters. The first kappa shape index (κ1) is 18.0. The molecule has 7 heteroatoms. The average Bonchev–Trinajstić information content (AvgIpc) is 2.72. The molecule has 0 bridgehead atoms. The predicted octanol–water partition coefficient (Wildman–Crippen LogP) is 3.86. The maximum Gasteiger partial charge on any atom is 0.203 e. The lowest BCUT2D eigenvalue weighted by molar-refractivity contribution is 0.324. The van der Waals surface area contributed by atoms with Crippen LogP contribution in [0.5, 0.6) is 17.2 Å². The standard InChI is InChI=1S/C19H19N3O3S/c1-23-16-9-14(10-17(24-2)19(16)25-3)15-6-7-18(22-21-15)26-12-13-5-4-8-20-11-13/h4-11H,12H2,1-3H3. The van der Waals surface area contributed by atoms with Crippen LogP contribution in [0, 0.1) is 0 Å². The van der Waals surface area contributed by atoms with Crippen molar-refractivity contribution in [2.75, 3.05) is 21.3 Å². The van der Waals surface area contributed by atoms with Gasteiger partial charge in [0.2, 0.25) is 5.75 Å². The van der Waals surface area contributed by atoms with Crippen LogP contribution in [-0.4, -0.2) is 36.5 Å². The van der Waals surface area contributed by atoms with E-state index < -0.39 is 0 Å². The molecule has 0 radical (unpaired) electrons. The van der Waals surface area contributed by atoms with Crippen molar-refractivity contribution in [3.05, 3.63) is 54.4 Å². The number of rotatable bonds is 7. The number of thioether (sulfide) groups is 1. The smallest absolute Gasteiger partial charge is 0.203 e. The molecule has 0 aliphatic heterocycles. The summed E-state index contributed by atoms with van der Waals surface area (Å²) in [5, 5.41) is 9.48. The quantitative estimate of drug-likeness (QED) is 0.586. The molecule has 0 saturated heterocycles. The Balaban J connectivity index is 1.80. The summed E-state index contributed by atoms with van der Waals surface area (Å²) >= 11 is 1.62. The third kappa shape index (κ3) is 4.05. The van der Waals surface area contributed by atoms with Gasteiger partial charge in [0, 0.05) is 23.7 Å². The van der Waals surface area contributed by atoms with Crippen LogP contribution in [0.4, 0.5) is 0 Å². The minimum Gasteiger partial charge on any atom is -0.493 e. The molecular formula is C19H19N3O3S. The molecule has 0 spiro atoms. The molecule has 2 aromatic heterocycles. The average molecular weight is 369 g/mol. The summed E-state index contributed by atoms with van der Waals surface area (Å²) in [6.07, 6.45) is 3.62. The van der Waals surface area contributed by atoms with Crippen molar-refractivity contribution in [1.29, 1.82) is 0 Å². The summed E-state index contributed by atoms with van der Waals surface area (Å²) in [6, 6.07) is 11.6. The second-order valence-electron chi connectivity index (χ2n) is 5.32. The molecule has 3 rings (SSSR count). The van der Waals surface area contributed by atoms with Crippen molar-refractivity contribution < 1.29 is 14.2 Å². The molecule has 3 aromatic rings. The van der Waals surface area contributed by atoms with Gasteiger partial charge in [0.1, 0.15) is 5.03 Å². The van der Waals surface area contributed by atoms with Gasteiger partial charge in [-0.2, -0.15) is 0 Å². The van der Waals surface area contributed by atoms with Crippen molar-refractivity contribution >= 4 is 11.8 Å². The van der Waals surface area contributed by atoms with E-state index >= 15 is 0 Å². The van der Waals surface area contributed by atoms with Gasteiger partial charge < -0.3 is 14.2 Å². The maximum absolute atomic E-state index is 5.39. The zero-order chi connectivity index (χ0) is 18.4. The third-order valence-corrected chi connectivity index (χ3v) is 4.70. The molecule has 0 aliphatic carbocycles. The van der Waals surface area contributed by atoms with Gasteiger partial charge in [-0.3, -0.25) is 4.98 Å². The van der Waals surface area contributed by atoms with E-state index in [0.29, 0.717) is 17.2 Å². The fourth-order valence-corrected chi connectivity index (χ4v) is 3.17. The van der Waals surface area contributed by atoms with Gasteiger partial charge in [0.25, 0.3) is 0 Å². The fraction of sp³-hybridized carbons (Fsp3) is 0.211. The van der Waals surface area contributed by atoms with E-state index in [0.717, 1.165) is 27.6 Å². The number of aromatic nitrogens is 3. The first-order chi connectivity index (χ1) is 12.7. The van der Waals surface area contributed by atoms with E-state index in [2.05, 4.69) is 15.2 Å². The lowest BCUT2D eigenvalue weighted by Gasteiger charge is -2.13. The van der Waals surface area contributed by atoms with Crippen LogP contribution < -0.4 is 14.2 Å². The normalized spacial score (nSPS) is 10.4. The number of pyridine rings is 1.